The van der Waals surface area contributed by atoms with Gasteiger partial charge in [-0.1, -0.05) is 12.1 Å². The normalized spacial score (nSPS) is 10.7. The first kappa shape index (κ1) is 15.9. The van der Waals surface area contributed by atoms with Gasteiger partial charge >= 0.3 is 5.97 Å². The molecule has 0 radical (unpaired) electrons. The van der Waals surface area contributed by atoms with Gasteiger partial charge in [0.25, 0.3) is 0 Å². The molecule has 1 aromatic rings. The van der Waals surface area contributed by atoms with E-state index in [9.17, 15) is 4.79 Å². The zero-order chi connectivity index (χ0) is 14.1. The quantitative estimate of drug-likeness (QED) is 0.705. The number of rotatable bonds is 9. The molecule has 0 aliphatic carbocycles. The molecule has 19 heavy (non-hydrogen) atoms. The number of hydrogen-bond donors (Lipinski definition) is 1. The highest BCUT2D eigenvalue weighted by Gasteiger charge is 2.09. The van der Waals surface area contributed by atoms with E-state index in [-0.39, 0.29) is 5.56 Å². The number of benzene rings is 1. The summed E-state index contributed by atoms with van der Waals surface area (Å²) in [4.78, 5) is 13.2. The van der Waals surface area contributed by atoms with Crippen molar-refractivity contribution in [2.75, 3.05) is 38.8 Å². The minimum Gasteiger partial charge on any atom is -0.491 e. The van der Waals surface area contributed by atoms with Crippen LogP contribution in [0, 0.1) is 0 Å². The molecule has 106 valence electrons. The molecule has 0 aliphatic heterocycles. The zero-order valence-corrected chi connectivity index (χ0v) is 12.3. The Kier molecular flexibility index (Phi) is 7.36. The summed E-state index contributed by atoms with van der Waals surface area (Å²) in [6.07, 6.45) is 3.26. The van der Waals surface area contributed by atoms with Crippen molar-refractivity contribution in [3.63, 3.8) is 0 Å². The lowest BCUT2D eigenvalue weighted by Crippen LogP contribution is -2.25. The van der Waals surface area contributed by atoms with Crippen molar-refractivity contribution in [1.29, 1.82) is 0 Å². The molecule has 0 spiro atoms. The number of ether oxygens (including phenoxy) is 1. The van der Waals surface area contributed by atoms with Gasteiger partial charge in [0.2, 0.25) is 0 Å². The van der Waals surface area contributed by atoms with Crippen molar-refractivity contribution in [3.8, 4) is 5.75 Å². The second kappa shape index (κ2) is 8.82. The van der Waals surface area contributed by atoms with Gasteiger partial charge in [-0.15, -0.1) is 0 Å². The average Bonchev–Trinajstić information content (AvgIpc) is 2.39. The zero-order valence-electron chi connectivity index (χ0n) is 11.5. The molecule has 5 heteroatoms. The third-order valence-corrected chi connectivity index (χ3v) is 3.43. The first-order valence-corrected chi connectivity index (χ1v) is 7.67. The molecule has 1 N–H and O–H groups in total. The smallest absolute Gasteiger partial charge is 0.339 e. The number of hydrogen-bond acceptors (Lipinski definition) is 4. The lowest BCUT2D eigenvalue weighted by atomic mass is 10.2. The van der Waals surface area contributed by atoms with Crippen LogP contribution in [0.4, 0.5) is 0 Å². The Morgan fingerprint density at radius 3 is 2.79 bits per heavy atom. The summed E-state index contributed by atoms with van der Waals surface area (Å²) in [6.45, 7) is 2.33. The van der Waals surface area contributed by atoms with E-state index >= 15 is 0 Å². The monoisotopic (exact) mass is 283 g/mol. The van der Waals surface area contributed by atoms with Crippen molar-refractivity contribution >= 4 is 17.7 Å². The predicted molar refractivity (Wildman–Crippen MR) is 79.4 cm³/mol. The van der Waals surface area contributed by atoms with E-state index in [2.05, 4.69) is 11.2 Å². The van der Waals surface area contributed by atoms with E-state index in [1.807, 2.05) is 18.8 Å². The predicted octanol–water partition coefficient (Wildman–Crippen LogP) is 2.45. The molecule has 0 aliphatic rings. The van der Waals surface area contributed by atoms with Crippen LogP contribution in [0.25, 0.3) is 0 Å². The highest BCUT2D eigenvalue weighted by Crippen LogP contribution is 2.17. The summed E-state index contributed by atoms with van der Waals surface area (Å²) in [5.41, 5.74) is 0.215. The van der Waals surface area contributed by atoms with Crippen molar-refractivity contribution in [2.24, 2.45) is 0 Å². The summed E-state index contributed by atoms with van der Waals surface area (Å²) in [7, 11) is 2.05. The van der Waals surface area contributed by atoms with Gasteiger partial charge in [0.1, 0.15) is 17.9 Å². The number of carboxylic acid groups (broad SMARTS) is 1. The van der Waals surface area contributed by atoms with Crippen LogP contribution in [0.15, 0.2) is 24.3 Å². The van der Waals surface area contributed by atoms with E-state index in [1.165, 1.54) is 0 Å². The Balaban J connectivity index is 2.35. The minimum absolute atomic E-state index is 0.215. The van der Waals surface area contributed by atoms with Crippen LogP contribution in [0.3, 0.4) is 0 Å². The van der Waals surface area contributed by atoms with Crippen molar-refractivity contribution in [3.05, 3.63) is 29.8 Å². The maximum absolute atomic E-state index is 11.0. The van der Waals surface area contributed by atoms with Gasteiger partial charge < -0.3 is 14.7 Å². The summed E-state index contributed by atoms with van der Waals surface area (Å²) in [6, 6.07) is 6.73. The number of likely N-dealkylation sites (N-methyl/N-ethyl adjacent to an activating group) is 1. The number of para-hydroxylation sites is 1. The molecule has 1 rings (SSSR count). The molecule has 0 atom stereocenters. The average molecular weight is 283 g/mol. The van der Waals surface area contributed by atoms with Crippen LogP contribution in [-0.4, -0.2) is 54.7 Å². The van der Waals surface area contributed by atoms with Crippen LogP contribution in [0.5, 0.6) is 5.75 Å². The highest BCUT2D eigenvalue weighted by molar-refractivity contribution is 7.98. The van der Waals surface area contributed by atoms with Gasteiger partial charge in [-0.2, -0.15) is 11.8 Å². The molecule has 0 unspecified atom stereocenters. The standard InChI is InChI=1S/C14H21NO3S/c1-15(8-5-11-19-2)9-10-18-13-7-4-3-6-12(13)14(16)17/h3-4,6-7H,5,8-11H2,1-2H3,(H,16,17). The first-order valence-electron chi connectivity index (χ1n) is 6.27. The van der Waals surface area contributed by atoms with Gasteiger partial charge in [0, 0.05) is 6.54 Å². The first-order chi connectivity index (χ1) is 9.15. The third-order valence-electron chi connectivity index (χ3n) is 2.74. The lowest BCUT2D eigenvalue weighted by Gasteiger charge is -2.17. The molecule has 0 amide bonds. The van der Waals surface area contributed by atoms with E-state index in [0.717, 1.165) is 25.3 Å². The Bertz CT molecular complexity index is 398. The molecule has 0 saturated carbocycles. The molecule has 0 aromatic heterocycles. The summed E-state index contributed by atoms with van der Waals surface area (Å²) >= 11 is 1.85. The summed E-state index contributed by atoms with van der Waals surface area (Å²) < 4.78 is 5.55. The van der Waals surface area contributed by atoms with Gasteiger partial charge in [-0.25, -0.2) is 4.79 Å². The Hall–Kier alpha value is -1.20. The summed E-state index contributed by atoms with van der Waals surface area (Å²) in [5.74, 6) is 0.643. The van der Waals surface area contributed by atoms with Gasteiger partial charge in [0.15, 0.2) is 0 Å². The summed E-state index contributed by atoms with van der Waals surface area (Å²) in [5, 5.41) is 9.02. The number of thioether (sulfide) groups is 1. The van der Waals surface area contributed by atoms with Crippen LogP contribution in [0.2, 0.25) is 0 Å². The molecule has 1 aromatic carbocycles. The van der Waals surface area contributed by atoms with E-state index in [0.29, 0.717) is 12.4 Å². The second-order valence-corrected chi connectivity index (χ2v) is 5.29. The maximum Gasteiger partial charge on any atom is 0.339 e. The van der Waals surface area contributed by atoms with E-state index < -0.39 is 5.97 Å². The van der Waals surface area contributed by atoms with Crippen LogP contribution < -0.4 is 4.74 Å². The topological polar surface area (TPSA) is 49.8 Å². The van der Waals surface area contributed by atoms with Crippen LogP contribution in [-0.2, 0) is 0 Å². The van der Waals surface area contributed by atoms with Crippen molar-refractivity contribution in [1.82, 2.24) is 4.90 Å². The molecule has 4 nitrogen and oxygen atoms in total. The van der Waals surface area contributed by atoms with E-state index in [4.69, 9.17) is 9.84 Å². The second-order valence-electron chi connectivity index (χ2n) is 4.30. The molecular weight excluding hydrogens is 262 g/mol. The van der Waals surface area contributed by atoms with Crippen LogP contribution >= 0.6 is 11.8 Å². The molecule has 0 bridgehead atoms. The number of nitrogens with zero attached hydrogens (tertiary/aromatic N) is 1. The lowest BCUT2D eigenvalue weighted by molar-refractivity contribution is 0.0692. The largest absolute Gasteiger partial charge is 0.491 e. The highest BCUT2D eigenvalue weighted by atomic mass is 32.2. The van der Waals surface area contributed by atoms with Crippen molar-refractivity contribution in [2.45, 2.75) is 6.42 Å². The Labute approximate surface area is 118 Å². The van der Waals surface area contributed by atoms with E-state index in [1.54, 1.807) is 24.3 Å². The fourth-order valence-electron chi connectivity index (χ4n) is 1.67. The van der Waals surface area contributed by atoms with Gasteiger partial charge in [-0.05, 0) is 44.2 Å². The fourth-order valence-corrected chi connectivity index (χ4v) is 2.09. The minimum atomic E-state index is -0.955. The van der Waals surface area contributed by atoms with Crippen molar-refractivity contribution < 1.29 is 14.6 Å². The number of carboxylic acids is 1. The number of carbonyl (C=O) groups is 1. The Morgan fingerprint density at radius 1 is 1.37 bits per heavy atom. The molecule has 0 saturated heterocycles. The molecular formula is C14H21NO3S. The van der Waals surface area contributed by atoms with Crippen LogP contribution in [0.1, 0.15) is 16.8 Å². The van der Waals surface area contributed by atoms with Gasteiger partial charge in [-0.3, -0.25) is 0 Å². The maximum atomic E-state index is 11.0. The Morgan fingerprint density at radius 2 is 2.11 bits per heavy atom. The SMILES string of the molecule is CSCCCN(C)CCOc1ccccc1C(=O)O. The fraction of sp³-hybridized carbons (Fsp3) is 0.500. The van der Waals surface area contributed by atoms with Gasteiger partial charge in [0.05, 0.1) is 0 Å². The number of aromatic carboxylic acids is 1. The molecule has 0 heterocycles. The molecule has 0 fully saturated rings. The third kappa shape index (κ3) is 5.98.